The summed E-state index contributed by atoms with van der Waals surface area (Å²) in [5, 5.41) is 8.47. The van der Waals surface area contributed by atoms with Crippen molar-refractivity contribution in [3.05, 3.63) is 11.8 Å². The first-order chi connectivity index (χ1) is 10.4. The van der Waals surface area contributed by atoms with Crippen molar-refractivity contribution < 1.29 is 13.9 Å². The molecule has 0 bridgehead atoms. The van der Waals surface area contributed by atoms with Crippen molar-refractivity contribution in [3.8, 4) is 0 Å². The van der Waals surface area contributed by atoms with Gasteiger partial charge in [-0.3, -0.25) is 4.79 Å². The van der Waals surface area contributed by atoms with Crippen LogP contribution in [0.2, 0.25) is 0 Å². The Labute approximate surface area is 135 Å². The van der Waals surface area contributed by atoms with Crippen molar-refractivity contribution >= 4 is 17.7 Å². The lowest BCUT2D eigenvalue weighted by Gasteiger charge is -2.29. The van der Waals surface area contributed by atoms with Gasteiger partial charge in [-0.15, -0.1) is 22.0 Å². The summed E-state index contributed by atoms with van der Waals surface area (Å²) in [6, 6.07) is -0.0980. The summed E-state index contributed by atoms with van der Waals surface area (Å²) in [5.74, 6) is 2.88. The van der Waals surface area contributed by atoms with Crippen LogP contribution in [0, 0.1) is 5.41 Å². The monoisotopic (exact) mass is 325 g/mol. The number of ether oxygens (including phenoxy) is 1. The number of aromatic nitrogens is 2. The Morgan fingerprint density at radius 1 is 1.32 bits per heavy atom. The molecule has 122 valence electrons. The van der Waals surface area contributed by atoms with Crippen molar-refractivity contribution in [1.29, 1.82) is 0 Å². The van der Waals surface area contributed by atoms with Gasteiger partial charge in [0.25, 0.3) is 0 Å². The molecule has 1 amide bonds. The van der Waals surface area contributed by atoms with Crippen LogP contribution in [-0.4, -0.2) is 45.3 Å². The van der Waals surface area contributed by atoms with E-state index in [1.54, 1.807) is 23.6 Å². The zero-order valence-electron chi connectivity index (χ0n) is 13.5. The van der Waals surface area contributed by atoms with Gasteiger partial charge in [-0.2, -0.15) is 0 Å². The SMILES string of the molecule is CC(=O)N1CSC[C@@H]1c1nnc([C@H]2CCO[C@@H]2C(C)(C)C)o1. The average Bonchev–Trinajstić information content (AvgIpc) is 3.17. The van der Waals surface area contributed by atoms with Crippen LogP contribution in [0.3, 0.4) is 0 Å². The summed E-state index contributed by atoms with van der Waals surface area (Å²) in [4.78, 5) is 13.5. The summed E-state index contributed by atoms with van der Waals surface area (Å²) in [5.41, 5.74) is 0.0322. The number of amides is 1. The molecule has 0 spiro atoms. The van der Waals surface area contributed by atoms with Gasteiger partial charge in [0, 0.05) is 19.3 Å². The van der Waals surface area contributed by atoms with Gasteiger partial charge < -0.3 is 14.1 Å². The molecule has 3 rings (SSSR count). The number of thioether (sulfide) groups is 1. The fourth-order valence-electron chi connectivity index (χ4n) is 3.18. The van der Waals surface area contributed by atoms with Crippen molar-refractivity contribution in [2.24, 2.45) is 5.41 Å². The van der Waals surface area contributed by atoms with Crippen molar-refractivity contribution in [2.45, 2.75) is 52.2 Å². The van der Waals surface area contributed by atoms with E-state index in [-0.39, 0.29) is 29.4 Å². The third kappa shape index (κ3) is 2.88. The minimum atomic E-state index is -0.0980. The molecule has 2 fully saturated rings. The lowest BCUT2D eigenvalue weighted by atomic mass is 9.81. The molecule has 3 heterocycles. The van der Waals surface area contributed by atoms with E-state index in [4.69, 9.17) is 9.15 Å². The second kappa shape index (κ2) is 5.85. The first kappa shape index (κ1) is 15.8. The molecule has 0 N–H and O–H groups in total. The molecule has 2 aliphatic rings. The number of carbonyl (C=O) groups is 1. The van der Waals surface area contributed by atoms with Crippen LogP contribution in [-0.2, 0) is 9.53 Å². The molecule has 1 aromatic rings. The molecule has 0 aromatic carbocycles. The van der Waals surface area contributed by atoms with Gasteiger partial charge in [0.2, 0.25) is 17.7 Å². The maximum Gasteiger partial charge on any atom is 0.239 e. The zero-order valence-corrected chi connectivity index (χ0v) is 14.4. The highest BCUT2D eigenvalue weighted by Gasteiger charge is 2.42. The smallest absolute Gasteiger partial charge is 0.239 e. The topological polar surface area (TPSA) is 68.5 Å². The van der Waals surface area contributed by atoms with Crippen molar-refractivity contribution in [3.63, 3.8) is 0 Å². The summed E-state index contributed by atoms with van der Waals surface area (Å²) < 4.78 is 11.8. The standard InChI is InChI=1S/C15H23N3O3S/c1-9(19)18-8-22-7-11(18)14-17-16-13(21-14)10-5-6-20-12(10)15(2,3)4/h10-12H,5-8H2,1-4H3/t10-,11+,12-/m0/s1. The first-order valence-corrected chi connectivity index (χ1v) is 8.83. The van der Waals surface area contributed by atoms with E-state index in [0.717, 1.165) is 18.8 Å². The summed E-state index contributed by atoms with van der Waals surface area (Å²) in [7, 11) is 0. The highest BCUT2D eigenvalue weighted by atomic mass is 32.2. The molecule has 0 unspecified atom stereocenters. The van der Waals surface area contributed by atoms with E-state index in [9.17, 15) is 4.79 Å². The number of rotatable bonds is 2. The Hall–Kier alpha value is -1.08. The lowest BCUT2D eigenvalue weighted by Crippen LogP contribution is -2.30. The van der Waals surface area contributed by atoms with Crippen molar-refractivity contribution in [1.82, 2.24) is 15.1 Å². The van der Waals surface area contributed by atoms with Crippen molar-refractivity contribution in [2.75, 3.05) is 18.2 Å². The average molecular weight is 325 g/mol. The molecule has 2 saturated heterocycles. The number of carbonyl (C=O) groups excluding carboxylic acids is 1. The highest BCUT2D eigenvalue weighted by Crippen LogP contribution is 2.41. The molecular formula is C15H23N3O3S. The van der Waals surface area contributed by atoms with Crippen LogP contribution in [0.15, 0.2) is 4.42 Å². The maximum atomic E-state index is 11.7. The predicted molar refractivity (Wildman–Crippen MR) is 83.4 cm³/mol. The molecular weight excluding hydrogens is 302 g/mol. The van der Waals surface area contributed by atoms with Gasteiger partial charge in [-0.1, -0.05) is 20.8 Å². The number of hydrogen-bond donors (Lipinski definition) is 0. The Balaban J connectivity index is 1.80. The molecule has 0 saturated carbocycles. The lowest BCUT2D eigenvalue weighted by molar-refractivity contribution is -0.129. The number of nitrogens with zero attached hydrogens (tertiary/aromatic N) is 3. The van der Waals surface area contributed by atoms with Gasteiger partial charge in [0.15, 0.2) is 0 Å². The second-order valence-corrected chi connectivity index (χ2v) is 8.04. The normalized spacial score (nSPS) is 29.3. The van der Waals surface area contributed by atoms with Gasteiger partial charge in [0.05, 0.1) is 17.9 Å². The molecule has 0 aliphatic carbocycles. The van der Waals surface area contributed by atoms with E-state index >= 15 is 0 Å². The van der Waals surface area contributed by atoms with E-state index in [2.05, 4.69) is 31.0 Å². The Kier molecular flexibility index (Phi) is 4.20. The van der Waals surface area contributed by atoms with Crippen LogP contribution in [0.1, 0.15) is 57.9 Å². The summed E-state index contributed by atoms with van der Waals surface area (Å²) >= 11 is 1.71. The van der Waals surface area contributed by atoms with Gasteiger partial charge in [-0.05, 0) is 11.8 Å². The van der Waals surface area contributed by atoms with Crippen LogP contribution < -0.4 is 0 Å². The molecule has 6 nitrogen and oxygen atoms in total. The van der Waals surface area contributed by atoms with Crippen LogP contribution >= 0.6 is 11.8 Å². The van der Waals surface area contributed by atoms with E-state index in [1.165, 1.54) is 0 Å². The highest BCUT2D eigenvalue weighted by molar-refractivity contribution is 7.99. The fraction of sp³-hybridized carbons (Fsp3) is 0.800. The van der Waals surface area contributed by atoms with Gasteiger partial charge in [-0.25, -0.2) is 0 Å². The molecule has 2 aliphatic heterocycles. The fourth-order valence-corrected chi connectivity index (χ4v) is 4.39. The quantitative estimate of drug-likeness (QED) is 0.832. The number of hydrogen-bond acceptors (Lipinski definition) is 6. The third-order valence-electron chi connectivity index (χ3n) is 4.29. The Morgan fingerprint density at radius 2 is 2.05 bits per heavy atom. The molecule has 1 aromatic heterocycles. The van der Waals surface area contributed by atoms with Crippen LogP contribution in [0.5, 0.6) is 0 Å². The third-order valence-corrected chi connectivity index (χ3v) is 5.30. The van der Waals surface area contributed by atoms with Gasteiger partial charge >= 0.3 is 0 Å². The predicted octanol–water partition coefficient (Wildman–Crippen LogP) is 2.58. The minimum absolute atomic E-state index is 0.0322. The maximum absolute atomic E-state index is 11.7. The second-order valence-electron chi connectivity index (χ2n) is 7.04. The Morgan fingerprint density at radius 3 is 2.73 bits per heavy atom. The summed E-state index contributed by atoms with van der Waals surface area (Å²) in [6.07, 6.45) is 0.988. The van der Waals surface area contributed by atoms with Crippen LogP contribution in [0.4, 0.5) is 0 Å². The van der Waals surface area contributed by atoms with E-state index in [1.807, 2.05) is 0 Å². The first-order valence-electron chi connectivity index (χ1n) is 7.68. The van der Waals surface area contributed by atoms with Crippen LogP contribution in [0.25, 0.3) is 0 Å². The molecule has 22 heavy (non-hydrogen) atoms. The molecule has 7 heteroatoms. The molecule has 3 atom stereocenters. The zero-order chi connectivity index (χ0) is 15.9. The summed E-state index contributed by atoms with van der Waals surface area (Å²) in [6.45, 7) is 8.80. The Bertz CT molecular complexity index is 554. The van der Waals surface area contributed by atoms with E-state index < -0.39 is 0 Å². The largest absolute Gasteiger partial charge is 0.423 e. The minimum Gasteiger partial charge on any atom is -0.423 e. The molecule has 0 radical (unpaired) electrons. The van der Waals surface area contributed by atoms with Gasteiger partial charge in [0.1, 0.15) is 6.04 Å². The van der Waals surface area contributed by atoms with E-state index in [0.29, 0.717) is 17.7 Å².